The number of benzene rings is 2. The molecule has 3 saturated heterocycles. The minimum Gasteiger partial charge on any atom is -0.468 e. The maximum Gasteiger partial charge on any atom is 0.317 e. The van der Waals surface area contributed by atoms with Crippen molar-refractivity contribution in [1.82, 2.24) is 19.9 Å². The highest BCUT2D eigenvalue weighted by atomic mass is 28.3. The Morgan fingerprint density at radius 1 is 1.05 bits per heavy atom. The van der Waals surface area contributed by atoms with E-state index in [9.17, 15) is 9.18 Å². The molecule has 7 rings (SSSR count). The van der Waals surface area contributed by atoms with Crippen molar-refractivity contribution in [2.24, 2.45) is 5.73 Å². The number of carbonyl (C=O) groups is 1. The van der Waals surface area contributed by atoms with E-state index in [1.807, 2.05) is 0 Å². The molecular weight excluding hydrogens is 750 g/mol. The minimum atomic E-state index is -2.34. The Hall–Kier alpha value is -4.45. The van der Waals surface area contributed by atoms with Crippen LogP contribution in [0.5, 0.6) is 11.8 Å². The molecule has 0 saturated carbocycles. The Balaban J connectivity index is 1.47. The quantitative estimate of drug-likeness (QED) is 0.0863. The van der Waals surface area contributed by atoms with Gasteiger partial charge in [-0.1, -0.05) is 53.5 Å². The Labute approximate surface area is 333 Å². The second-order valence-electron chi connectivity index (χ2n) is 16.8. The minimum absolute atomic E-state index is 0.0714. The van der Waals surface area contributed by atoms with Crippen LogP contribution in [0.15, 0.2) is 30.5 Å². The van der Waals surface area contributed by atoms with Crippen molar-refractivity contribution < 1.29 is 32.2 Å². The van der Waals surface area contributed by atoms with Crippen molar-refractivity contribution in [3.05, 3.63) is 47.7 Å². The molecule has 3 aliphatic rings. The van der Waals surface area contributed by atoms with Gasteiger partial charge in [0.2, 0.25) is 5.91 Å². The third-order valence-corrected chi connectivity index (χ3v) is 18.9. The van der Waals surface area contributed by atoms with Crippen LogP contribution in [0.4, 0.5) is 19.0 Å². The predicted octanol–water partition coefficient (Wildman–Crippen LogP) is 8.08. The van der Waals surface area contributed by atoms with Crippen molar-refractivity contribution in [2.45, 2.75) is 108 Å². The van der Waals surface area contributed by atoms with Gasteiger partial charge in [0.15, 0.2) is 12.6 Å². The van der Waals surface area contributed by atoms with Crippen molar-refractivity contribution in [3.8, 4) is 34.5 Å². The summed E-state index contributed by atoms with van der Waals surface area (Å²) in [4.78, 5) is 30.6. The molecular formula is C43H53F3N6O4Si. The fourth-order valence-electron chi connectivity index (χ4n) is 9.99. The molecule has 0 radical (unpaired) electrons. The standard InChI is InChI=1S/C43H53F3N6O4Si/c1-25(2)57(26(3)4,27(5)6)17-13-31-34(45)12-11-28-18-30(56-24-54-7)19-32(36(28)31)38-37(46)39-33(41(49-38)52-16-8-10-35(52)40(47)53)21-48-42(50-39)55-23-43-14-9-15-51(43)22-29(44)20-43/h11-12,18-19,21,25-27,29,35H,8-10,14-16,20,22-24H2,1-7H3,(H2,47,53)/t29-,35-,43+/m1/s1. The first kappa shape index (κ1) is 40.7. The summed E-state index contributed by atoms with van der Waals surface area (Å²) in [5.74, 6) is 2.03. The Kier molecular flexibility index (Phi) is 11.5. The molecule has 1 amide bonds. The van der Waals surface area contributed by atoms with E-state index in [1.165, 1.54) is 19.4 Å². The SMILES string of the molecule is COCOc1cc(-c2nc(N3CCC[C@@H]3C(N)=O)c3cnc(OC[C@@]45CCCN4C[C@H](F)C5)nc3c2F)c2c(C#C[Si](C(C)C)(C(C)C)C(C)C)c(F)ccc2c1. The zero-order valence-electron chi connectivity index (χ0n) is 33.9. The number of methoxy groups -OCH3 is 1. The lowest BCUT2D eigenvalue weighted by Crippen LogP contribution is -2.43. The number of halogens is 3. The van der Waals surface area contributed by atoms with Gasteiger partial charge in [-0.05, 0) is 72.4 Å². The van der Waals surface area contributed by atoms with E-state index in [4.69, 9.17) is 24.9 Å². The number of amides is 1. The molecule has 0 unspecified atom stereocenters. The van der Waals surface area contributed by atoms with E-state index in [-0.39, 0.29) is 69.6 Å². The Bertz CT molecular complexity index is 2220. The van der Waals surface area contributed by atoms with E-state index in [0.29, 0.717) is 48.9 Å². The molecule has 4 aromatic rings. The lowest BCUT2D eigenvalue weighted by Gasteiger charge is -2.38. The van der Waals surface area contributed by atoms with E-state index < -0.39 is 43.4 Å². The van der Waals surface area contributed by atoms with E-state index in [1.54, 1.807) is 23.1 Å². The summed E-state index contributed by atoms with van der Waals surface area (Å²) >= 11 is 0. The molecule has 3 atom stereocenters. The maximum atomic E-state index is 17.5. The number of pyridine rings is 1. The number of carbonyl (C=O) groups excluding carboxylic acids is 1. The third-order valence-electron chi connectivity index (χ3n) is 12.6. The number of fused-ring (bicyclic) bond motifs is 3. The molecule has 304 valence electrons. The van der Waals surface area contributed by atoms with Gasteiger partial charge in [0.25, 0.3) is 0 Å². The third kappa shape index (κ3) is 7.31. The molecule has 10 nitrogen and oxygen atoms in total. The zero-order chi connectivity index (χ0) is 40.8. The fourth-order valence-corrected chi connectivity index (χ4v) is 15.2. The van der Waals surface area contributed by atoms with Crippen molar-refractivity contribution in [2.75, 3.05) is 45.0 Å². The van der Waals surface area contributed by atoms with Gasteiger partial charge in [0.1, 0.15) is 55.5 Å². The van der Waals surface area contributed by atoms with E-state index in [0.717, 1.165) is 19.4 Å². The molecule has 2 aromatic carbocycles. The molecule has 5 heterocycles. The predicted molar refractivity (Wildman–Crippen MR) is 219 cm³/mol. The monoisotopic (exact) mass is 802 g/mol. The smallest absolute Gasteiger partial charge is 0.317 e. The van der Waals surface area contributed by atoms with Gasteiger partial charge in [-0.2, -0.15) is 4.98 Å². The Morgan fingerprint density at radius 3 is 2.51 bits per heavy atom. The van der Waals surface area contributed by atoms with Crippen LogP contribution in [0.2, 0.25) is 16.6 Å². The van der Waals surface area contributed by atoms with Crippen LogP contribution in [0.25, 0.3) is 32.9 Å². The first-order valence-corrected chi connectivity index (χ1v) is 22.3. The van der Waals surface area contributed by atoms with E-state index >= 15 is 8.78 Å². The number of primary amides is 1. The maximum absolute atomic E-state index is 17.5. The highest BCUT2D eigenvalue weighted by molar-refractivity contribution is 6.90. The van der Waals surface area contributed by atoms with Crippen LogP contribution in [0.3, 0.4) is 0 Å². The zero-order valence-corrected chi connectivity index (χ0v) is 34.9. The topological polar surface area (TPSA) is 116 Å². The lowest BCUT2D eigenvalue weighted by atomic mass is 9.95. The Morgan fingerprint density at radius 2 is 1.81 bits per heavy atom. The van der Waals surface area contributed by atoms with Crippen LogP contribution in [-0.2, 0) is 9.53 Å². The second kappa shape index (κ2) is 16.1. The average molecular weight is 803 g/mol. The van der Waals surface area contributed by atoms with Crippen molar-refractivity contribution in [1.29, 1.82) is 0 Å². The number of hydrogen-bond acceptors (Lipinski definition) is 9. The molecule has 14 heteroatoms. The highest BCUT2D eigenvalue weighted by Gasteiger charge is 2.49. The molecule has 0 aliphatic carbocycles. The van der Waals surface area contributed by atoms with Gasteiger partial charge >= 0.3 is 6.01 Å². The van der Waals surface area contributed by atoms with Crippen molar-refractivity contribution in [3.63, 3.8) is 0 Å². The molecule has 3 aliphatic heterocycles. The average Bonchev–Trinajstić information content (AvgIpc) is 3.88. The van der Waals surface area contributed by atoms with Gasteiger partial charge in [-0.25, -0.2) is 23.1 Å². The van der Waals surface area contributed by atoms with Crippen LogP contribution >= 0.6 is 0 Å². The summed E-state index contributed by atoms with van der Waals surface area (Å²) in [5, 5.41) is 1.18. The fraction of sp³-hybridized carbons (Fsp3) is 0.535. The summed E-state index contributed by atoms with van der Waals surface area (Å²) in [6, 6.07) is 5.57. The number of alkyl halides is 1. The van der Waals surface area contributed by atoms with E-state index in [2.05, 4.69) is 67.9 Å². The number of nitrogens with zero attached hydrogens (tertiary/aromatic N) is 5. The molecule has 57 heavy (non-hydrogen) atoms. The van der Waals surface area contributed by atoms with Crippen LogP contribution in [0.1, 0.15) is 79.2 Å². The van der Waals surface area contributed by atoms with Crippen LogP contribution < -0.4 is 20.1 Å². The highest BCUT2D eigenvalue weighted by Crippen LogP contribution is 2.44. The number of aromatic nitrogens is 3. The number of hydrogen-bond donors (Lipinski definition) is 1. The second-order valence-corrected chi connectivity index (χ2v) is 22.4. The number of ether oxygens (including phenoxy) is 3. The molecule has 2 N–H and O–H groups in total. The van der Waals surface area contributed by atoms with Gasteiger partial charge in [-0.15, -0.1) is 5.54 Å². The molecule has 3 fully saturated rings. The molecule has 0 spiro atoms. The molecule has 0 bridgehead atoms. The summed E-state index contributed by atoms with van der Waals surface area (Å²) in [7, 11) is -0.846. The number of rotatable bonds is 12. The lowest BCUT2D eigenvalue weighted by molar-refractivity contribution is -0.119. The van der Waals surface area contributed by atoms with Crippen molar-refractivity contribution >= 4 is 41.5 Å². The summed E-state index contributed by atoms with van der Waals surface area (Å²) < 4.78 is 65.7. The van der Waals surface area contributed by atoms with Gasteiger partial charge < -0.3 is 24.8 Å². The van der Waals surface area contributed by atoms with Gasteiger partial charge in [0, 0.05) is 43.8 Å². The normalized spacial score (nSPS) is 21.2. The summed E-state index contributed by atoms with van der Waals surface area (Å²) in [6.45, 7) is 14.8. The number of anilines is 1. The molecule has 2 aromatic heterocycles. The van der Waals surface area contributed by atoms with Gasteiger partial charge in [-0.3, -0.25) is 9.69 Å². The van der Waals surface area contributed by atoms with Gasteiger partial charge in [0.05, 0.1) is 16.5 Å². The summed E-state index contributed by atoms with van der Waals surface area (Å²) in [6.07, 6.45) is 3.70. The van der Waals surface area contributed by atoms with Crippen LogP contribution in [0, 0.1) is 23.1 Å². The summed E-state index contributed by atoms with van der Waals surface area (Å²) in [5.41, 5.74) is 10.0. The number of nitrogens with two attached hydrogens (primary N) is 1. The van der Waals surface area contributed by atoms with Crippen LogP contribution in [-0.4, -0.2) is 91.7 Å². The largest absolute Gasteiger partial charge is 0.468 e. The first-order valence-electron chi connectivity index (χ1n) is 20.1. The first-order chi connectivity index (χ1) is 27.2.